The maximum atomic E-state index is 13.1. The highest BCUT2D eigenvalue weighted by molar-refractivity contribution is 5.85. The Morgan fingerprint density at radius 3 is 2.59 bits per heavy atom. The number of nitrogens with zero attached hydrogens (tertiary/aromatic N) is 1. The fourth-order valence-corrected chi connectivity index (χ4v) is 1.39. The monoisotopic (exact) mass is 239 g/mol. The molecule has 0 atom stereocenters. The quantitative estimate of drug-likeness (QED) is 0.874. The van der Waals surface area contributed by atoms with Gasteiger partial charge < -0.3 is 9.63 Å². The van der Waals surface area contributed by atoms with Crippen LogP contribution >= 0.6 is 0 Å². The molecule has 0 unspecified atom stereocenters. The van der Waals surface area contributed by atoms with Crippen molar-refractivity contribution in [1.29, 1.82) is 0 Å². The summed E-state index contributed by atoms with van der Waals surface area (Å²) in [7, 11) is 0. The van der Waals surface area contributed by atoms with Crippen molar-refractivity contribution in [2.75, 3.05) is 0 Å². The third-order valence-electron chi connectivity index (χ3n) is 2.23. The summed E-state index contributed by atoms with van der Waals surface area (Å²) >= 11 is 0. The zero-order valence-electron chi connectivity index (χ0n) is 8.70. The molecule has 0 saturated carbocycles. The van der Waals surface area contributed by atoms with E-state index >= 15 is 0 Å². The Kier molecular flexibility index (Phi) is 2.63. The lowest BCUT2D eigenvalue weighted by Crippen LogP contribution is -1.92. The topological polar surface area (TPSA) is 63.3 Å². The second kappa shape index (κ2) is 3.97. The molecule has 4 nitrogen and oxygen atoms in total. The molecule has 88 valence electrons. The molecule has 0 fully saturated rings. The van der Waals surface area contributed by atoms with E-state index in [4.69, 9.17) is 5.11 Å². The highest BCUT2D eigenvalue weighted by atomic mass is 19.2. The van der Waals surface area contributed by atoms with Crippen molar-refractivity contribution >= 4 is 5.97 Å². The first kappa shape index (κ1) is 11.3. The molecule has 6 heteroatoms. The predicted molar refractivity (Wildman–Crippen MR) is 53.6 cm³/mol. The van der Waals surface area contributed by atoms with Gasteiger partial charge in [-0.2, -0.15) is 0 Å². The van der Waals surface area contributed by atoms with E-state index in [1.807, 2.05) is 0 Å². The average Bonchev–Trinajstić information content (AvgIpc) is 2.74. The standard InChI is InChI=1S/C11H7F2NO3/c1-5-2-6(3-7(12)10(5)13)8-4-9(11(15)16)17-14-8/h2-4H,1H3,(H,15,16). The van der Waals surface area contributed by atoms with Crippen molar-refractivity contribution in [2.45, 2.75) is 6.92 Å². The summed E-state index contributed by atoms with van der Waals surface area (Å²) in [5.41, 5.74) is 0.516. The Morgan fingerprint density at radius 2 is 2.06 bits per heavy atom. The van der Waals surface area contributed by atoms with E-state index in [9.17, 15) is 13.6 Å². The number of aryl methyl sites for hydroxylation is 1. The van der Waals surface area contributed by atoms with Crippen LogP contribution in [0.4, 0.5) is 8.78 Å². The Labute approximate surface area is 94.5 Å². The van der Waals surface area contributed by atoms with Crippen LogP contribution in [0.15, 0.2) is 22.7 Å². The normalized spacial score (nSPS) is 10.5. The first-order valence-electron chi connectivity index (χ1n) is 4.65. The number of rotatable bonds is 2. The molecule has 0 radical (unpaired) electrons. The SMILES string of the molecule is Cc1cc(-c2cc(C(=O)O)on2)cc(F)c1F. The van der Waals surface area contributed by atoms with Gasteiger partial charge in [0.2, 0.25) is 5.76 Å². The predicted octanol–water partition coefficient (Wildman–Crippen LogP) is 2.63. The van der Waals surface area contributed by atoms with E-state index in [-0.39, 0.29) is 22.6 Å². The Hall–Kier alpha value is -2.24. The first-order chi connectivity index (χ1) is 7.99. The van der Waals surface area contributed by atoms with Gasteiger partial charge in [0.25, 0.3) is 0 Å². The van der Waals surface area contributed by atoms with Crippen molar-refractivity contribution < 1.29 is 23.2 Å². The molecule has 1 aromatic carbocycles. The van der Waals surface area contributed by atoms with Gasteiger partial charge in [0.15, 0.2) is 11.6 Å². The fraction of sp³-hybridized carbons (Fsp3) is 0.0909. The molecule has 1 heterocycles. The van der Waals surface area contributed by atoms with Crippen LogP contribution in [-0.2, 0) is 0 Å². The Bertz CT molecular complexity index is 569. The van der Waals surface area contributed by atoms with Crippen LogP contribution in [0.3, 0.4) is 0 Å². The van der Waals surface area contributed by atoms with Gasteiger partial charge in [-0.25, -0.2) is 13.6 Å². The van der Waals surface area contributed by atoms with Gasteiger partial charge in [-0.15, -0.1) is 0 Å². The van der Waals surface area contributed by atoms with Gasteiger partial charge in [0.1, 0.15) is 5.69 Å². The maximum absolute atomic E-state index is 13.1. The van der Waals surface area contributed by atoms with Gasteiger partial charge in [0.05, 0.1) is 0 Å². The molecule has 0 aliphatic heterocycles. The van der Waals surface area contributed by atoms with Crippen LogP contribution in [0.1, 0.15) is 16.1 Å². The van der Waals surface area contributed by atoms with E-state index < -0.39 is 17.6 Å². The number of halogens is 2. The second-order valence-electron chi connectivity index (χ2n) is 3.47. The summed E-state index contributed by atoms with van der Waals surface area (Å²) in [6.07, 6.45) is 0. The lowest BCUT2D eigenvalue weighted by atomic mass is 10.1. The highest BCUT2D eigenvalue weighted by Gasteiger charge is 2.15. The molecule has 0 aliphatic rings. The minimum Gasteiger partial charge on any atom is -0.475 e. The molecule has 1 N–H and O–H groups in total. The lowest BCUT2D eigenvalue weighted by Gasteiger charge is -2.01. The average molecular weight is 239 g/mol. The number of carboxylic acids is 1. The minimum atomic E-state index is -1.27. The lowest BCUT2D eigenvalue weighted by molar-refractivity contribution is 0.0652. The molecule has 0 spiro atoms. The number of hydrogen-bond acceptors (Lipinski definition) is 3. The summed E-state index contributed by atoms with van der Waals surface area (Å²) < 4.78 is 30.7. The number of carbonyl (C=O) groups is 1. The van der Waals surface area contributed by atoms with Gasteiger partial charge in [-0.3, -0.25) is 0 Å². The van der Waals surface area contributed by atoms with Gasteiger partial charge >= 0.3 is 5.97 Å². The highest BCUT2D eigenvalue weighted by Crippen LogP contribution is 2.23. The molecule has 0 saturated heterocycles. The molecule has 2 aromatic rings. The van der Waals surface area contributed by atoms with Crippen LogP contribution in [0.2, 0.25) is 0 Å². The molecular formula is C11H7F2NO3. The summed E-state index contributed by atoms with van der Waals surface area (Å²) in [6, 6.07) is 3.45. The van der Waals surface area contributed by atoms with Crippen LogP contribution in [0.5, 0.6) is 0 Å². The third-order valence-corrected chi connectivity index (χ3v) is 2.23. The van der Waals surface area contributed by atoms with Crippen molar-refractivity contribution in [1.82, 2.24) is 5.16 Å². The molecule has 0 bridgehead atoms. The number of benzene rings is 1. The smallest absolute Gasteiger partial charge is 0.374 e. The van der Waals surface area contributed by atoms with Crippen LogP contribution in [0.25, 0.3) is 11.3 Å². The number of aromatic carboxylic acids is 1. The van der Waals surface area contributed by atoms with Crippen molar-refractivity contribution in [2.24, 2.45) is 0 Å². The summed E-state index contributed by atoms with van der Waals surface area (Å²) in [5.74, 6) is -3.58. The Morgan fingerprint density at radius 1 is 1.35 bits per heavy atom. The fourth-order valence-electron chi connectivity index (χ4n) is 1.39. The number of aromatic nitrogens is 1. The van der Waals surface area contributed by atoms with E-state index in [1.165, 1.54) is 13.0 Å². The zero-order valence-corrected chi connectivity index (χ0v) is 8.70. The van der Waals surface area contributed by atoms with E-state index in [1.54, 1.807) is 0 Å². The molecule has 17 heavy (non-hydrogen) atoms. The van der Waals surface area contributed by atoms with E-state index in [2.05, 4.69) is 9.68 Å². The Balaban J connectivity index is 2.49. The summed E-state index contributed by atoms with van der Waals surface area (Å²) in [6.45, 7) is 1.40. The van der Waals surface area contributed by atoms with Crippen LogP contribution < -0.4 is 0 Å². The van der Waals surface area contributed by atoms with Crippen molar-refractivity contribution in [3.8, 4) is 11.3 Å². The molecule has 0 aliphatic carbocycles. The maximum Gasteiger partial charge on any atom is 0.374 e. The first-order valence-corrected chi connectivity index (χ1v) is 4.65. The molecular weight excluding hydrogens is 232 g/mol. The van der Waals surface area contributed by atoms with E-state index in [0.29, 0.717) is 0 Å². The molecule has 2 rings (SSSR count). The van der Waals surface area contributed by atoms with Gasteiger partial charge in [-0.05, 0) is 24.6 Å². The second-order valence-corrected chi connectivity index (χ2v) is 3.47. The zero-order chi connectivity index (χ0) is 12.6. The number of carboxylic acid groups (broad SMARTS) is 1. The largest absolute Gasteiger partial charge is 0.475 e. The molecule has 1 aromatic heterocycles. The van der Waals surface area contributed by atoms with Gasteiger partial charge in [-0.1, -0.05) is 5.16 Å². The summed E-state index contributed by atoms with van der Waals surface area (Å²) in [5, 5.41) is 12.1. The minimum absolute atomic E-state index is 0.111. The van der Waals surface area contributed by atoms with Crippen molar-refractivity contribution in [3.63, 3.8) is 0 Å². The van der Waals surface area contributed by atoms with Crippen molar-refractivity contribution in [3.05, 3.63) is 41.2 Å². The van der Waals surface area contributed by atoms with Gasteiger partial charge in [0, 0.05) is 11.6 Å². The van der Waals surface area contributed by atoms with Crippen LogP contribution in [-0.4, -0.2) is 16.2 Å². The van der Waals surface area contributed by atoms with Crippen LogP contribution in [0, 0.1) is 18.6 Å². The summed E-state index contributed by atoms with van der Waals surface area (Å²) in [4.78, 5) is 10.6. The van der Waals surface area contributed by atoms with E-state index in [0.717, 1.165) is 12.1 Å². The number of hydrogen-bond donors (Lipinski definition) is 1. The molecule has 0 amide bonds. The third kappa shape index (κ3) is 2.01.